The van der Waals surface area contributed by atoms with Crippen molar-refractivity contribution in [3.8, 4) is 0 Å². The van der Waals surface area contributed by atoms with Gasteiger partial charge in [-0.05, 0) is 32.9 Å². The topological polar surface area (TPSA) is 62.7 Å². The Labute approximate surface area is 88.9 Å². The van der Waals surface area contributed by atoms with Gasteiger partial charge in [0, 0.05) is 6.21 Å². The largest absolute Gasteiger partial charge is 0.444 e. The molecule has 2 N–H and O–H groups in total. The highest BCUT2D eigenvalue weighted by atomic mass is 16.6. The molecule has 0 spiro atoms. The molecule has 0 aromatic rings. The standard InChI is InChI=1S/C10H15N3O2/c1-10(2,3)15-9(14)12-8-6-4-5-7-11-13-8/h4-7,13H,1-3H3,(H,12,14). The number of hydrazone groups is 1. The molecule has 0 saturated carbocycles. The molecule has 0 aliphatic carbocycles. The van der Waals surface area contributed by atoms with E-state index in [4.69, 9.17) is 4.74 Å². The quantitative estimate of drug-likeness (QED) is 0.687. The minimum Gasteiger partial charge on any atom is -0.444 e. The zero-order valence-corrected chi connectivity index (χ0v) is 9.07. The maximum Gasteiger partial charge on any atom is 0.413 e. The molecule has 15 heavy (non-hydrogen) atoms. The van der Waals surface area contributed by atoms with Gasteiger partial charge in [-0.15, -0.1) is 0 Å². The normalized spacial score (nSPS) is 15.0. The minimum atomic E-state index is -0.508. The molecule has 0 fully saturated rings. The summed E-state index contributed by atoms with van der Waals surface area (Å²) in [4.78, 5) is 11.3. The van der Waals surface area contributed by atoms with Gasteiger partial charge in [0.25, 0.3) is 0 Å². The van der Waals surface area contributed by atoms with Crippen LogP contribution in [0, 0.1) is 0 Å². The Bertz CT molecular complexity index is 324. The SMILES string of the molecule is CC(C)(C)OC(=O)NC1=CC=CC=NN1. The van der Waals surface area contributed by atoms with Crippen LogP contribution in [0.1, 0.15) is 20.8 Å². The number of nitrogens with one attached hydrogen (secondary N) is 2. The fourth-order valence-electron chi connectivity index (χ4n) is 0.872. The Balaban J connectivity index is 2.48. The lowest BCUT2D eigenvalue weighted by atomic mass is 10.2. The number of nitrogens with zero attached hydrogens (tertiary/aromatic N) is 1. The van der Waals surface area contributed by atoms with Crippen molar-refractivity contribution in [1.82, 2.24) is 10.7 Å². The van der Waals surface area contributed by atoms with Crippen molar-refractivity contribution < 1.29 is 9.53 Å². The molecule has 1 rings (SSSR count). The van der Waals surface area contributed by atoms with Crippen molar-refractivity contribution in [2.24, 2.45) is 5.10 Å². The van der Waals surface area contributed by atoms with Crippen LogP contribution in [0.15, 0.2) is 29.2 Å². The second kappa shape index (κ2) is 4.63. The molecular formula is C10H15N3O2. The second-order valence-corrected chi connectivity index (χ2v) is 3.98. The lowest BCUT2D eigenvalue weighted by molar-refractivity contribution is 0.0542. The average Bonchev–Trinajstić information content (AvgIpc) is 2.28. The first kappa shape index (κ1) is 11.3. The molecule has 0 unspecified atom stereocenters. The van der Waals surface area contributed by atoms with Crippen molar-refractivity contribution in [3.05, 3.63) is 24.0 Å². The molecule has 1 heterocycles. The van der Waals surface area contributed by atoms with E-state index in [0.717, 1.165) is 0 Å². The minimum absolute atomic E-state index is 0.481. The molecule has 1 aliphatic heterocycles. The van der Waals surface area contributed by atoms with Crippen molar-refractivity contribution >= 4 is 12.3 Å². The van der Waals surface area contributed by atoms with Gasteiger partial charge >= 0.3 is 6.09 Å². The van der Waals surface area contributed by atoms with Gasteiger partial charge in [0.05, 0.1) is 0 Å². The highest BCUT2D eigenvalue weighted by molar-refractivity contribution is 5.73. The number of carbonyl (C=O) groups is 1. The molecule has 0 radical (unpaired) electrons. The lowest BCUT2D eigenvalue weighted by Crippen LogP contribution is -2.35. The summed E-state index contributed by atoms with van der Waals surface area (Å²) in [5.74, 6) is 0.481. The molecular weight excluding hydrogens is 194 g/mol. The molecule has 5 nitrogen and oxygen atoms in total. The van der Waals surface area contributed by atoms with Gasteiger partial charge in [-0.25, -0.2) is 4.79 Å². The number of amides is 1. The number of carbonyl (C=O) groups excluding carboxylic acids is 1. The lowest BCUT2D eigenvalue weighted by Gasteiger charge is -2.20. The predicted molar refractivity (Wildman–Crippen MR) is 58.2 cm³/mol. The maximum atomic E-state index is 11.3. The highest BCUT2D eigenvalue weighted by Gasteiger charge is 2.16. The fourth-order valence-corrected chi connectivity index (χ4v) is 0.872. The van der Waals surface area contributed by atoms with Crippen LogP contribution >= 0.6 is 0 Å². The molecule has 5 heteroatoms. The summed E-state index contributed by atoms with van der Waals surface area (Å²) in [7, 11) is 0. The molecule has 1 amide bonds. The van der Waals surface area contributed by atoms with Gasteiger partial charge in [-0.3, -0.25) is 10.7 Å². The highest BCUT2D eigenvalue weighted by Crippen LogP contribution is 2.06. The third kappa shape index (κ3) is 4.85. The van der Waals surface area contributed by atoms with E-state index in [9.17, 15) is 4.79 Å². The van der Waals surface area contributed by atoms with Gasteiger partial charge in [-0.1, -0.05) is 6.08 Å². The summed E-state index contributed by atoms with van der Waals surface area (Å²) < 4.78 is 5.07. The number of ether oxygens (including phenoxy) is 1. The Morgan fingerprint density at radius 1 is 1.47 bits per heavy atom. The predicted octanol–water partition coefficient (Wildman–Crippen LogP) is 1.50. The number of alkyl carbamates (subject to hydrolysis) is 1. The number of hydrogen-bond acceptors (Lipinski definition) is 4. The smallest absolute Gasteiger partial charge is 0.413 e. The van der Waals surface area contributed by atoms with Gasteiger partial charge in [0.1, 0.15) is 11.4 Å². The summed E-state index contributed by atoms with van der Waals surface area (Å²) in [6.07, 6.45) is 6.27. The van der Waals surface area contributed by atoms with E-state index in [2.05, 4.69) is 15.8 Å². The first-order valence-electron chi connectivity index (χ1n) is 4.63. The van der Waals surface area contributed by atoms with E-state index in [-0.39, 0.29) is 0 Å². The van der Waals surface area contributed by atoms with E-state index in [1.54, 1.807) is 45.2 Å². The number of allylic oxidation sites excluding steroid dienone is 3. The van der Waals surface area contributed by atoms with Crippen LogP contribution in [0.25, 0.3) is 0 Å². The second-order valence-electron chi connectivity index (χ2n) is 3.98. The first-order valence-corrected chi connectivity index (χ1v) is 4.63. The van der Waals surface area contributed by atoms with E-state index in [1.807, 2.05) is 0 Å². The summed E-state index contributed by atoms with van der Waals surface area (Å²) in [5.41, 5.74) is 2.15. The van der Waals surface area contributed by atoms with E-state index < -0.39 is 11.7 Å². The molecule has 0 bridgehead atoms. The van der Waals surface area contributed by atoms with Crippen molar-refractivity contribution in [3.63, 3.8) is 0 Å². The Hall–Kier alpha value is -1.78. The maximum absolute atomic E-state index is 11.3. The van der Waals surface area contributed by atoms with Crippen molar-refractivity contribution in [2.75, 3.05) is 0 Å². The van der Waals surface area contributed by atoms with Crippen LogP contribution in [-0.2, 0) is 4.74 Å². The number of rotatable bonds is 1. The van der Waals surface area contributed by atoms with Crippen LogP contribution in [-0.4, -0.2) is 17.9 Å². The van der Waals surface area contributed by atoms with Gasteiger partial charge in [0.2, 0.25) is 0 Å². The third-order valence-electron chi connectivity index (χ3n) is 1.36. The first-order chi connectivity index (χ1) is 6.97. The average molecular weight is 209 g/mol. The van der Waals surface area contributed by atoms with Crippen LogP contribution in [0.4, 0.5) is 4.79 Å². The Kier molecular flexibility index (Phi) is 3.49. The molecule has 0 saturated heterocycles. The number of hydrogen-bond donors (Lipinski definition) is 2. The van der Waals surface area contributed by atoms with E-state index in [1.165, 1.54) is 0 Å². The summed E-state index contributed by atoms with van der Waals surface area (Å²) >= 11 is 0. The molecule has 0 atom stereocenters. The zero-order chi connectivity index (χ0) is 11.3. The van der Waals surface area contributed by atoms with Crippen LogP contribution in [0.5, 0.6) is 0 Å². The molecule has 82 valence electrons. The summed E-state index contributed by atoms with van der Waals surface area (Å²) in [6.45, 7) is 5.42. The monoisotopic (exact) mass is 209 g/mol. The Morgan fingerprint density at radius 3 is 2.87 bits per heavy atom. The van der Waals surface area contributed by atoms with Crippen LogP contribution in [0.2, 0.25) is 0 Å². The van der Waals surface area contributed by atoms with Crippen molar-refractivity contribution in [1.29, 1.82) is 0 Å². The van der Waals surface area contributed by atoms with Crippen molar-refractivity contribution in [2.45, 2.75) is 26.4 Å². The van der Waals surface area contributed by atoms with Crippen LogP contribution < -0.4 is 10.7 Å². The van der Waals surface area contributed by atoms with Gasteiger partial charge in [-0.2, -0.15) is 5.10 Å². The fraction of sp³-hybridized carbons (Fsp3) is 0.400. The third-order valence-corrected chi connectivity index (χ3v) is 1.36. The van der Waals surface area contributed by atoms with Gasteiger partial charge in [0.15, 0.2) is 0 Å². The summed E-state index contributed by atoms with van der Waals surface area (Å²) in [5, 5.41) is 6.34. The molecule has 1 aliphatic rings. The molecule has 0 aromatic heterocycles. The van der Waals surface area contributed by atoms with E-state index >= 15 is 0 Å². The Morgan fingerprint density at radius 2 is 2.20 bits per heavy atom. The van der Waals surface area contributed by atoms with Gasteiger partial charge < -0.3 is 4.74 Å². The molecule has 0 aromatic carbocycles. The summed E-state index contributed by atoms with van der Waals surface area (Å²) in [6, 6.07) is 0. The zero-order valence-electron chi connectivity index (χ0n) is 9.07. The van der Waals surface area contributed by atoms with E-state index in [0.29, 0.717) is 5.82 Å². The van der Waals surface area contributed by atoms with Crippen LogP contribution in [0.3, 0.4) is 0 Å².